The standard InChI is InChI=1S/C19H26N4O3/c1-20-13-7-9-22(10-8-13)14-3-2-4-15-18(14)26-12-11-23(15)16-5-6-17(24)21-19(16)25/h2-4,13,16,20H,5-12H2,1H3,(H,21,24,25)/t16-/m0/s1. The fraction of sp³-hybridized carbons (Fsp3) is 0.579. The van der Waals surface area contributed by atoms with Crippen LogP contribution < -0.4 is 25.2 Å². The highest BCUT2D eigenvalue weighted by Gasteiger charge is 2.35. The number of benzene rings is 1. The predicted molar refractivity (Wildman–Crippen MR) is 99.7 cm³/mol. The lowest BCUT2D eigenvalue weighted by Crippen LogP contribution is -2.54. The zero-order valence-corrected chi connectivity index (χ0v) is 15.2. The minimum atomic E-state index is -0.305. The van der Waals surface area contributed by atoms with Crippen molar-refractivity contribution in [1.82, 2.24) is 10.6 Å². The first kappa shape index (κ1) is 17.1. The number of ether oxygens (including phenoxy) is 1. The fourth-order valence-corrected chi connectivity index (χ4v) is 4.21. The molecule has 2 saturated heterocycles. The molecule has 2 amide bonds. The number of carbonyl (C=O) groups excluding carboxylic acids is 2. The van der Waals surface area contributed by atoms with E-state index >= 15 is 0 Å². The molecule has 3 aliphatic rings. The van der Waals surface area contributed by atoms with Crippen LogP contribution in [0.15, 0.2) is 18.2 Å². The van der Waals surface area contributed by atoms with Crippen LogP contribution in [0.1, 0.15) is 25.7 Å². The van der Waals surface area contributed by atoms with Crippen LogP contribution in [0, 0.1) is 0 Å². The summed E-state index contributed by atoms with van der Waals surface area (Å²) in [6, 6.07) is 6.42. The second kappa shape index (κ2) is 7.15. The Labute approximate surface area is 153 Å². The van der Waals surface area contributed by atoms with Gasteiger partial charge in [-0.2, -0.15) is 0 Å². The van der Waals surface area contributed by atoms with Crippen molar-refractivity contribution < 1.29 is 14.3 Å². The van der Waals surface area contributed by atoms with Crippen LogP contribution in [0.25, 0.3) is 0 Å². The van der Waals surface area contributed by atoms with E-state index in [4.69, 9.17) is 4.74 Å². The van der Waals surface area contributed by atoms with Gasteiger partial charge in [-0.25, -0.2) is 0 Å². The van der Waals surface area contributed by atoms with Crippen LogP contribution in [0.2, 0.25) is 0 Å². The average molecular weight is 358 g/mol. The molecule has 1 atom stereocenters. The third kappa shape index (κ3) is 3.11. The molecule has 2 fully saturated rings. The van der Waals surface area contributed by atoms with Crippen molar-refractivity contribution >= 4 is 23.2 Å². The van der Waals surface area contributed by atoms with Crippen LogP contribution in [-0.2, 0) is 9.59 Å². The van der Waals surface area contributed by atoms with Gasteiger partial charge in [-0.05, 0) is 38.4 Å². The monoisotopic (exact) mass is 358 g/mol. The van der Waals surface area contributed by atoms with Gasteiger partial charge in [-0.15, -0.1) is 0 Å². The Morgan fingerprint density at radius 1 is 1.12 bits per heavy atom. The molecular weight excluding hydrogens is 332 g/mol. The molecule has 7 nitrogen and oxygen atoms in total. The Balaban J connectivity index is 1.59. The molecular formula is C19H26N4O3. The van der Waals surface area contributed by atoms with E-state index in [1.54, 1.807) is 0 Å². The summed E-state index contributed by atoms with van der Waals surface area (Å²) in [5.74, 6) is 0.488. The summed E-state index contributed by atoms with van der Waals surface area (Å²) in [7, 11) is 2.02. The van der Waals surface area contributed by atoms with Crippen molar-refractivity contribution in [2.45, 2.75) is 37.8 Å². The van der Waals surface area contributed by atoms with E-state index in [0.717, 1.165) is 43.1 Å². The van der Waals surface area contributed by atoms with Crippen LogP contribution in [-0.4, -0.2) is 57.2 Å². The minimum Gasteiger partial charge on any atom is -0.487 e. The van der Waals surface area contributed by atoms with Gasteiger partial charge in [-0.3, -0.25) is 14.9 Å². The van der Waals surface area contributed by atoms with Gasteiger partial charge in [-0.1, -0.05) is 6.07 Å². The van der Waals surface area contributed by atoms with E-state index in [9.17, 15) is 9.59 Å². The molecule has 0 aromatic heterocycles. The van der Waals surface area contributed by atoms with Crippen LogP contribution in [0.4, 0.5) is 11.4 Å². The maximum absolute atomic E-state index is 12.3. The van der Waals surface area contributed by atoms with Crippen molar-refractivity contribution in [2.75, 3.05) is 43.1 Å². The summed E-state index contributed by atoms with van der Waals surface area (Å²) >= 11 is 0. The van der Waals surface area contributed by atoms with Gasteiger partial charge in [0.15, 0.2) is 5.75 Å². The SMILES string of the molecule is CNC1CCN(c2cccc3c2OCCN3[C@H]2CCC(=O)NC2=O)CC1. The van der Waals surface area contributed by atoms with Crippen molar-refractivity contribution in [3.05, 3.63) is 18.2 Å². The number of anilines is 2. The second-order valence-electron chi connectivity index (χ2n) is 7.18. The number of rotatable bonds is 3. The molecule has 3 heterocycles. The Bertz CT molecular complexity index is 700. The van der Waals surface area contributed by atoms with E-state index in [1.807, 2.05) is 19.2 Å². The van der Waals surface area contributed by atoms with Crippen LogP contribution in [0.3, 0.4) is 0 Å². The van der Waals surface area contributed by atoms with E-state index in [1.165, 1.54) is 0 Å². The maximum atomic E-state index is 12.3. The molecule has 140 valence electrons. The van der Waals surface area contributed by atoms with Gasteiger partial charge in [0.2, 0.25) is 11.8 Å². The number of para-hydroxylation sites is 1. The number of amides is 2. The number of nitrogens with zero attached hydrogens (tertiary/aromatic N) is 2. The van der Waals surface area contributed by atoms with Gasteiger partial charge in [0.25, 0.3) is 0 Å². The highest BCUT2D eigenvalue weighted by molar-refractivity contribution is 6.02. The Hall–Kier alpha value is -2.28. The van der Waals surface area contributed by atoms with Crippen molar-refractivity contribution in [2.24, 2.45) is 0 Å². The molecule has 0 aliphatic carbocycles. The van der Waals surface area contributed by atoms with Gasteiger partial charge < -0.3 is 19.9 Å². The van der Waals surface area contributed by atoms with E-state index < -0.39 is 0 Å². The average Bonchev–Trinajstić information content (AvgIpc) is 2.67. The Morgan fingerprint density at radius 3 is 2.62 bits per heavy atom. The molecule has 0 bridgehead atoms. The summed E-state index contributed by atoms with van der Waals surface area (Å²) in [5, 5.41) is 5.83. The molecule has 1 aromatic carbocycles. The summed E-state index contributed by atoms with van der Waals surface area (Å²) in [6.45, 7) is 3.19. The summed E-state index contributed by atoms with van der Waals surface area (Å²) in [6.07, 6.45) is 3.16. The first-order chi connectivity index (χ1) is 12.7. The number of imide groups is 1. The molecule has 0 radical (unpaired) electrons. The molecule has 3 aliphatic heterocycles. The zero-order chi connectivity index (χ0) is 18.1. The van der Waals surface area contributed by atoms with Crippen LogP contribution in [0.5, 0.6) is 5.75 Å². The van der Waals surface area contributed by atoms with Gasteiger partial charge >= 0.3 is 0 Å². The first-order valence-electron chi connectivity index (χ1n) is 9.45. The number of hydrogen-bond donors (Lipinski definition) is 2. The van der Waals surface area contributed by atoms with Crippen molar-refractivity contribution in [3.63, 3.8) is 0 Å². The zero-order valence-electron chi connectivity index (χ0n) is 15.2. The lowest BCUT2D eigenvalue weighted by molar-refractivity contribution is -0.134. The van der Waals surface area contributed by atoms with Gasteiger partial charge in [0.05, 0.1) is 17.9 Å². The largest absolute Gasteiger partial charge is 0.487 e. The highest BCUT2D eigenvalue weighted by atomic mass is 16.5. The lowest BCUT2D eigenvalue weighted by Gasteiger charge is -2.40. The topological polar surface area (TPSA) is 73.9 Å². The molecule has 0 unspecified atom stereocenters. The number of piperidine rings is 2. The van der Waals surface area contributed by atoms with E-state index in [2.05, 4.69) is 26.5 Å². The number of hydrogen-bond acceptors (Lipinski definition) is 6. The molecule has 0 spiro atoms. The lowest BCUT2D eigenvalue weighted by atomic mass is 10.0. The fourth-order valence-electron chi connectivity index (χ4n) is 4.21. The molecule has 26 heavy (non-hydrogen) atoms. The van der Waals surface area contributed by atoms with Gasteiger partial charge in [0, 0.05) is 25.6 Å². The smallest absolute Gasteiger partial charge is 0.249 e. The van der Waals surface area contributed by atoms with Crippen molar-refractivity contribution in [3.8, 4) is 5.75 Å². The second-order valence-corrected chi connectivity index (χ2v) is 7.18. The minimum absolute atomic E-state index is 0.180. The Morgan fingerprint density at radius 2 is 1.88 bits per heavy atom. The maximum Gasteiger partial charge on any atom is 0.249 e. The third-order valence-electron chi connectivity index (χ3n) is 5.69. The van der Waals surface area contributed by atoms with E-state index in [0.29, 0.717) is 32.0 Å². The summed E-state index contributed by atoms with van der Waals surface area (Å²) in [4.78, 5) is 28.3. The molecule has 7 heteroatoms. The molecule has 1 aromatic rings. The normalized spacial score (nSPS) is 24.1. The third-order valence-corrected chi connectivity index (χ3v) is 5.69. The van der Waals surface area contributed by atoms with Crippen molar-refractivity contribution in [1.29, 1.82) is 0 Å². The van der Waals surface area contributed by atoms with E-state index in [-0.39, 0.29) is 17.9 Å². The first-order valence-corrected chi connectivity index (χ1v) is 9.45. The predicted octanol–water partition coefficient (Wildman–Crippen LogP) is 0.879. The summed E-state index contributed by atoms with van der Waals surface area (Å²) < 4.78 is 6.04. The number of carbonyl (C=O) groups is 2. The summed E-state index contributed by atoms with van der Waals surface area (Å²) in [5.41, 5.74) is 2.06. The molecule has 4 rings (SSSR count). The highest BCUT2D eigenvalue weighted by Crippen LogP contribution is 2.42. The number of fused-ring (bicyclic) bond motifs is 1. The quantitative estimate of drug-likeness (QED) is 0.782. The molecule has 0 saturated carbocycles. The van der Waals surface area contributed by atoms with Gasteiger partial charge in [0.1, 0.15) is 12.6 Å². The van der Waals surface area contributed by atoms with Crippen LogP contribution >= 0.6 is 0 Å². The number of nitrogens with one attached hydrogen (secondary N) is 2. The Kier molecular flexibility index (Phi) is 4.72. The molecule has 2 N–H and O–H groups in total.